The van der Waals surface area contributed by atoms with Gasteiger partial charge in [0.15, 0.2) is 0 Å². The van der Waals surface area contributed by atoms with Gasteiger partial charge >= 0.3 is 11.9 Å². The maximum atomic E-state index is 11.2. The molecule has 156 valence electrons. The van der Waals surface area contributed by atoms with Gasteiger partial charge in [-0.05, 0) is 45.4 Å². The SMILES string of the molecule is C=CC.CCCCC/C=C\C/C=C\CCCCCCCC(=O)OC(=O)CN. The Morgan fingerprint density at radius 3 is 1.93 bits per heavy atom. The van der Waals surface area contributed by atoms with E-state index in [4.69, 9.17) is 5.73 Å². The standard InChI is InChI=1S/C20H35NO3.C3H6/c1-2-3-4-5-6-7-8-9-10-11-12-13-14-15-16-17-19(22)24-20(23)18-21;1-3-2/h6-7,9-10H,2-5,8,11-18,21H2,1H3;3H,1H2,2H3/b7-6-,10-9-;. The number of nitrogens with two attached hydrogens (primary N) is 1. The zero-order chi connectivity index (χ0) is 20.6. The number of carbonyl (C=O) groups excluding carboxylic acids is 2. The Kier molecular flexibility index (Phi) is 24.8. The number of ether oxygens (including phenoxy) is 1. The van der Waals surface area contributed by atoms with E-state index in [0.717, 1.165) is 32.1 Å². The first-order chi connectivity index (χ1) is 13.1. The third-order valence-electron chi connectivity index (χ3n) is 3.73. The molecule has 0 saturated carbocycles. The molecule has 0 aliphatic heterocycles. The molecule has 0 fully saturated rings. The van der Waals surface area contributed by atoms with E-state index in [9.17, 15) is 9.59 Å². The van der Waals surface area contributed by atoms with Crippen LogP contribution in [0.5, 0.6) is 0 Å². The van der Waals surface area contributed by atoms with Crippen LogP contribution >= 0.6 is 0 Å². The average molecular weight is 380 g/mol. The molecule has 0 aromatic heterocycles. The maximum Gasteiger partial charge on any atom is 0.327 e. The highest BCUT2D eigenvalue weighted by molar-refractivity contribution is 5.86. The summed E-state index contributed by atoms with van der Waals surface area (Å²) in [6.07, 6.45) is 23.6. The summed E-state index contributed by atoms with van der Waals surface area (Å²) in [7, 11) is 0. The van der Waals surface area contributed by atoms with Crippen LogP contribution in [0.25, 0.3) is 0 Å². The van der Waals surface area contributed by atoms with Crippen LogP contribution in [0.2, 0.25) is 0 Å². The minimum Gasteiger partial charge on any atom is -0.392 e. The van der Waals surface area contributed by atoms with Gasteiger partial charge in [-0.1, -0.05) is 69.4 Å². The molecule has 0 spiro atoms. The molecular weight excluding hydrogens is 338 g/mol. The smallest absolute Gasteiger partial charge is 0.327 e. The fourth-order valence-electron chi connectivity index (χ4n) is 2.30. The predicted octanol–water partition coefficient (Wildman–Crippen LogP) is 6.02. The lowest BCUT2D eigenvalue weighted by Crippen LogP contribution is -2.20. The Labute approximate surface area is 166 Å². The van der Waals surface area contributed by atoms with Crippen LogP contribution in [-0.4, -0.2) is 18.5 Å². The highest BCUT2D eigenvalue weighted by Gasteiger charge is 2.07. The molecule has 4 heteroatoms. The number of unbranched alkanes of at least 4 members (excludes halogenated alkanes) is 8. The molecule has 0 aromatic rings. The Balaban J connectivity index is 0. The van der Waals surface area contributed by atoms with Crippen LogP contribution in [0.15, 0.2) is 37.0 Å². The summed E-state index contributed by atoms with van der Waals surface area (Å²) in [5.74, 6) is -1.11. The van der Waals surface area contributed by atoms with Crippen molar-refractivity contribution in [2.45, 2.75) is 90.9 Å². The third-order valence-corrected chi connectivity index (χ3v) is 3.73. The fraction of sp³-hybridized carbons (Fsp3) is 0.652. The van der Waals surface area contributed by atoms with Crippen LogP contribution in [-0.2, 0) is 14.3 Å². The monoisotopic (exact) mass is 379 g/mol. The van der Waals surface area contributed by atoms with E-state index in [1.54, 1.807) is 6.08 Å². The van der Waals surface area contributed by atoms with Crippen LogP contribution in [0.4, 0.5) is 0 Å². The molecule has 0 atom stereocenters. The number of rotatable bonds is 15. The highest BCUT2D eigenvalue weighted by Crippen LogP contribution is 2.08. The first kappa shape index (κ1) is 27.5. The van der Waals surface area contributed by atoms with E-state index in [0.29, 0.717) is 6.42 Å². The van der Waals surface area contributed by atoms with Crippen LogP contribution in [0, 0.1) is 0 Å². The van der Waals surface area contributed by atoms with Gasteiger partial charge in [0, 0.05) is 6.42 Å². The lowest BCUT2D eigenvalue weighted by Gasteiger charge is -2.01. The molecule has 4 nitrogen and oxygen atoms in total. The van der Waals surface area contributed by atoms with Crippen molar-refractivity contribution in [3.05, 3.63) is 37.0 Å². The van der Waals surface area contributed by atoms with Gasteiger partial charge in [0.1, 0.15) is 0 Å². The Morgan fingerprint density at radius 2 is 1.37 bits per heavy atom. The van der Waals surface area contributed by atoms with E-state index in [1.165, 1.54) is 38.5 Å². The number of carbonyl (C=O) groups is 2. The number of allylic oxidation sites excluding steroid dienone is 5. The van der Waals surface area contributed by atoms with E-state index in [-0.39, 0.29) is 6.54 Å². The second kappa shape index (κ2) is 24.3. The van der Waals surface area contributed by atoms with E-state index >= 15 is 0 Å². The van der Waals surface area contributed by atoms with Gasteiger partial charge in [-0.3, -0.25) is 9.59 Å². The fourth-order valence-corrected chi connectivity index (χ4v) is 2.30. The average Bonchev–Trinajstić information content (AvgIpc) is 2.65. The minimum absolute atomic E-state index is 0.242. The molecular formula is C23H41NO3. The Morgan fingerprint density at radius 1 is 0.852 bits per heavy atom. The molecule has 0 aliphatic carbocycles. The zero-order valence-electron chi connectivity index (χ0n) is 17.6. The van der Waals surface area contributed by atoms with E-state index < -0.39 is 11.9 Å². The number of hydrogen-bond acceptors (Lipinski definition) is 4. The van der Waals surface area contributed by atoms with E-state index in [2.05, 4.69) is 42.5 Å². The van der Waals surface area contributed by atoms with Crippen molar-refractivity contribution in [2.75, 3.05) is 6.54 Å². The predicted molar refractivity (Wildman–Crippen MR) is 115 cm³/mol. The molecule has 2 N–H and O–H groups in total. The van der Waals surface area contributed by atoms with Crippen molar-refractivity contribution >= 4 is 11.9 Å². The van der Waals surface area contributed by atoms with Crippen molar-refractivity contribution in [3.8, 4) is 0 Å². The maximum absolute atomic E-state index is 11.2. The van der Waals surface area contributed by atoms with Crippen LogP contribution < -0.4 is 5.73 Å². The molecule has 0 saturated heterocycles. The van der Waals surface area contributed by atoms with Gasteiger partial charge in [-0.25, -0.2) is 0 Å². The first-order valence-corrected chi connectivity index (χ1v) is 10.4. The molecule has 27 heavy (non-hydrogen) atoms. The quantitative estimate of drug-likeness (QED) is 0.163. The second-order valence-corrected chi connectivity index (χ2v) is 6.44. The summed E-state index contributed by atoms with van der Waals surface area (Å²) >= 11 is 0. The molecule has 0 rings (SSSR count). The summed E-state index contributed by atoms with van der Waals surface area (Å²) in [4.78, 5) is 22.0. The summed E-state index contributed by atoms with van der Waals surface area (Å²) in [5.41, 5.74) is 5.07. The van der Waals surface area contributed by atoms with Gasteiger partial charge in [0.05, 0.1) is 6.54 Å². The molecule has 0 aliphatic rings. The molecule has 0 heterocycles. The third kappa shape index (κ3) is 26.7. The number of esters is 2. The molecule has 0 unspecified atom stereocenters. The Bertz CT molecular complexity index is 414. The topological polar surface area (TPSA) is 69.4 Å². The van der Waals surface area contributed by atoms with Crippen LogP contribution in [0.1, 0.15) is 90.9 Å². The summed E-state index contributed by atoms with van der Waals surface area (Å²) in [6, 6.07) is 0. The largest absolute Gasteiger partial charge is 0.392 e. The van der Waals surface area contributed by atoms with Crippen molar-refractivity contribution in [2.24, 2.45) is 5.73 Å². The van der Waals surface area contributed by atoms with Crippen molar-refractivity contribution in [1.29, 1.82) is 0 Å². The van der Waals surface area contributed by atoms with Gasteiger partial charge in [0.2, 0.25) is 0 Å². The molecule has 0 radical (unpaired) electrons. The van der Waals surface area contributed by atoms with Crippen molar-refractivity contribution in [3.63, 3.8) is 0 Å². The molecule has 0 amide bonds. The Hall–Kier alpha value is -1.68. The lowest BCUT2D eigenvalue weighted by molar-refractivity contribution is -0.158. The highest BCUT2D eigenvalue weighted by atomic mass is 16.6. The normalized spacial score (nSPS) is 10.6. The van der Waals surface area contributed by atoms with Crippen molar-refractivity contribution < 1.29 is 14.3 Å². The summed E-state index contributed by atoms with van der Waals surface area (Å²) in [6.45, 7) is 7.24. The van der Waals surface area contributed by atoms with Crippen LogP contribution in [0.3, 0.4) is 0 Å². The second-order valence-electron chi connectivity index (χ2n) is 6.44. The van der Waals surface area contributed by atoms with Crippen molar-refractivity contribution in [1.82, 2.24) is 0 Å². The molecule has 0 aromatic carbocycles. The molecule has 0 bridgehead atoms. The summed E-state index contributed by atoms with van der Waals surface area (Å²) in [5, 5.41) is 0. The first-order valence-electron chi connectivity index (χ1n) is 10.4. The van der Waals surface area contributed by atoms with Gasteiger partial charge in [0.25, 0.3) is 0 Å². The van der Waals surface area contributed by atoms with E-state index in [1.807, 2.05) is 6.92 Å². The lowest BCUT2D eigenvalue weighted by atomic mass is 10.1. The van der Waals surface area contributed by atoms with Gasteiger partial charge in [-0.2, -0.15) is 0 Å². The number of hydrogen-bond donors (Lipinski definition) is 1. The van der Waals surface area contributed by atoms with Gasteiger partial charge < -0.3 is 10.5 Å². The zero-order valence-corrected chi connectivity index (χ0v) is 17.6. The minimum atomic E-state index is -0.650. The summed E-state index contributed by atoms with van der Waals surface area (Å²) < 4.78 is 4.50. The van der Waals surface area contributed by atoms with Gasteiger partial charge in [-0.15, -0.1) is 6.58 Å².